The van der Waals surface area contributed by atoms with Crippen molar-refractivity contribution in [1.29, 1.82) is 0 Å². The van der Waals surface area contributed by atoms with Crippen LogP contribution in [0.25, 0.3) is 12.2 Å². The van der Waals surface area contributed by atoms with E-state index < -0.39 is 86.6 Å². The van der Waals surface area contributed by atoms with Crippen LogP contribution in [0, 0.1) is 0 Å². The van der Waals surface area contributed by atoms with Crippen LogP contribution in [0.15, 0.2) is 60.7 Å². The van der Waals surface area contributed by atoms with E-state index in [0.29, 0.717) is 11.1 Å². The minimum absolute atomic E-state index is 0.00786. The number of ether oxygens (including phenoxy) is 5. The van der Waals surface area contributed by atoms with Crippen molar-refractivity contribution in [3.63, 3.8) is 0 Å². The Balaban J connectivity index is 1.47. The maximum atomic E-state index is 12.7. The van der Waals surface area contributed by atoms with Crippen LogP contribution in [0.1, 0.15) is 11.1 Å². The van der Waals surface area contributed by atoms with Crippen molar-refractivity contribution < 1.29 is 74.1 Å². The summed E-state index contributed by atoms with van der Waals surface area (Å²) in [7, 11) is 0. The van der Waals surface area contributed by atoms with E-state index in [-0.39, 0.29) is 11.5 Å². The number of hydrogen-bond donors (Lipinski definition) is 8. The molecule has 0 spiro atoms. The molecule has 9 atom stereocenters. The zero-order valence-electron chi connectivity index (χ0n) is 23.6. The number of hydrogen-bond acceptors (Lipinski definition) is 15. The number of carbonyl (C=O) groups is 2. The molecule has 0 saturated carbocycles. The van der Waals surface area contributed by atoms with Crippen LogP contribution in [0.2, 0.25) is 0 Å². The fourth-order valence-electron chi connectivity index (χ4n) is 4.74. The molecule has 0 aliphatic carbocycles. The van der Waals surface area contributed by atoms with Crippen LogP contribution in [0.3, 0.4) is 0 Å². The molecule has 2 aromatic rings. The summed E-state index contributed by atoms with van der Waals surface area (Å²) in [5.74, 6) is -4.40. The molecular formula is C30H34O15. The highest BCUT2D eigenvalue weighted by atomic mass is 16.8. The highest BCUT2D eigenvalue weighted by molar-refractivity contribution is 5.87. The van der Waals surface area contributed by atoms with E-state index >= 15 is 0 Å². The molecule has 244 valence electrons. The highest BCUT2D eigenvalue weighted by Gasteiger charge is 2.61. The van der Waals surface area contributed by atoms with Gasteiger partial charge in [0, 0.05) is 12.2 Å². The SMILES string of the molecule is O=C(C=Cc1ccc(O)cc1)O[C@H]1[C@H](O)[C@@H](O)[C@@H](O[C@]2(CO)O[C@H](CO)[C@@H](O)[C@@H]2OC(=O)C=Cc2ccc(O)cc2)O[C@@H]1CO. The summed E-state index contributed by atoms with van der Waals surface area (Å²) in [4.78, 5) is 25.1. The van der Waals surface area contributed by atoms with Crippen LogP contribution < -0.4 is 0 Å². The van der Waals surface area contributed by atoms with Gasteiger partial charge in [-0.25, -0.2) is 9.59 Å². The Kier molecular flexibility index (Phi) is 11.3. The zero-order valence-corrected chi connectivity index (χ0v) is 23.6. The van der Waals surface area contributed by atoms with Crippen molar-refractivity contribution in [2.75, 3.05) is 19.8 Å². The number of aliphatic hydroxyl groups excluding tert-OH is 6. The van der Waals surface area contributed by atoms with Gasteiger partial charge in [0.15, 0.2) is 18.5 Å². The molecule has 15 nitrogen and oxygen atoms in total. The number of carbonyl (C=O) groups excluding carboxylic acids is 2. The fourth-order valence-corrected chi connectivity index (χ4v) is 4.74. The van der Waals surface area contributed by atoms with Crippen LogP contribution in [-0.2, 0) is 33.3 Å². The topological polar surface area (TPSA) is 242 Å². The number of rotatable bonds is 11. The molecule has 2 fully saturated rings. The van der Waals surface area contributed by atoms with Gasteiger partial charge in [-0.1, -0.05) is 24.3 Å². The first-order valence-corrected chi connectivity index (χ1v) is 13.7. The van der Waals surface area contributed by atoms with Crippen LogP contribution in [0.5, 0.6) is 11.5 Å². The molecule has 0 amide bonds. The van der Waals surface area contributed by atoms with Gasteiger partial charge in [0.2, 0.25) is 5.79 Å². The standard InChI is InChI=1S/C30H34O15/c31-13-20-24(38)28(43-23(37)12-6-17-3-9-19(35)10-4-17)30(15-33,44-20)45-29-26(40)25(39)27(21(14-32)41-29)42-22(36)11-5-16-1-7-18(34)8-2-16/h1-12,20-21,24-29,31-35,38-40H,13-15H2/t20-,21-,24-,25-,26-,27-,28+,29-,30+/m1/s1. The molecule has 45 heavy (non-hydrogen) atoms. The molecule has 2 aliphatic heterocycles. The molecule has 2 aromatic carbocycles. The molecule has 2 heterocycles. The lowest BCUT2D eigenvalue weighted by molar-refractivity contribution is -0.383. The minimum Gasteiger partial charge on any atom is -0.508 e. The largest absolute Gasteiger partial charge is 0.508 e. The minimum atomic E-state index is -2.43. The summed E-state index contributed by atoms with van der Waals surface area (Å²) in [5.41, 5.74) is 1.05. The summed E-state index contributed by atoms with van der Waals surface area (Å²) in [6.45, 7) is -2.74. The third-order valence-electron chi connectivity index (χ3n) is 7.12. The summed E-state index contributed by atoms with van der Waals surface area (Å²) in [6.07, 6.45) is -9.11. The Labute approximate surface area is 256 Å². The number of phenolic OH excluding ortho intramolecular Hbond substituents is 2. The van der Waals surface area contributed by atoms with Gasteiger partial charge >= 0.3 is 11.9 Å². The first-order valence-electron chi connectivity index (χ1n) is 13.7. The van der Waals surface area contributed by atoms with E-state index in [1.54, 1.807) is 0 Å². The Morgan fingerprint density at radius 1 is 0.733 bits per heavy atom. The number of aromatic hydroxyl groups is 2. The Hall–Kier alpha value is -3.90. The van der Waals surface area contributed by atoms with Crippen LogP contribution in [0.4, 0.5) is 0 Å². The lowest BCUT2D eigenvalue weighted by Gasteiger charge is -2.44. The second kappa shape index (κ2) is 14.9. The number of phenols is 2. The number of esters is 2. The van der Waals surface area contributed by atoms with Crippen molar-refractivity contribution in [3.8, 4) is 11.5 Å². The molecule has 2 saturated heterocycles. The number of aliphatic hydroxyl groups is 6. The third kappa shape index (κ3) is 8.04. The highest BCUT2D eigenvalue weighted by Crippen LogP contribution is 2.38. The first-order chi connectivity index (χ1) is 21.5. The first kappa shape index (κ1) is 34.0. The lowest BCUT2D eigenvalue weighted by atomic mass is 9.98. The van der Waals surface area contributed by atoms with Crippen molar-refractivity contribution in [2.45, 2.75) is 54.8 Å². The second-order valence-corrected chi connectivity index (χ2v) is 10.2. The van der Waals surface area contributed by atoms with Crippen LogP contribution >= 0.6 is 0 Å². The van der Waals surface area contributed by atoms with Crippen molar-refractivity contribution in [1.82, 2.24) is 0 Å². The van der Waals surface area contributed by atoms with Gasteiger partial charge < -0.3 is 64.5 Å². The van der Waals surface area contributed by atoms with E-state index in [1.807, 2.05) is 0 Å². The number of benzene rings is 2. The maximum Gasteiger partial charge on any atom is 0.331 e. The predicted octanol–water partition coefficient (Wildman–Crippen LogP) is -1.46. The predicted molar refractivity (Wildman–Crippen MR) is 151 cm³/mol. The molecular weight excluding hydrogens is 600 g/mol. The fraction of sp³-hybridized carbons (Fsp3) is 0.400. The third-order valence-corrected chi connectivity index (χ3v) is 7.12. The average molecular weight is 635 g/mol. The quantitative estimate of drug-likeness (QED) is 0.104. The van der Waals surface area contributed by atoms with Crippen molar-refractivity contribution in [3.05, 3.63) is 71.8 Å². The average Bonchev–Trinajstić information content (AvgIpc) is 3.30. The monoisotopic (exact) mass is 634 g/mol. The molecule has 8 N–H and O–H groups in total. The van der Waals surface area contributed by atoms with Gasteiger partial charge in [0.05, 0.1) is 13.2 Å². The lowest BCUT2D eigenvalue weighted by Crippen LogP contribution is -2.63. The van der Waals surface area contributed by atoms with Crippen molar-refractivity contribution >= 4 is 24.1 Å². The molecule has 0 bridgehead atoms. The smallest absolute Gasteiger partial charge is 0.331 e. The van der Waals surface area contributed by atoms with Gasteiger partial charge in [0.1, 0.15) is 48.6 Å². The molecule has 0 aromatic heterocycles. The van der Waals surface area contributed by atoms with E-state index in [2.05, 4.69) is 0 Å². The molecule has 4 rings (SSSR count). The Bertz CT molecular complexity index is 1340. The summed E-state index contributed by atoms with van der Waals surface area (Å²) in [6, 6.07) is 11.6. The van der Waals surface area contributed by atoms with Gasteiger partial charge in [-0.2, -0.15) is 0 Å². The van der Waals surface area contributed by atoms with Crippen LogP contribution in [-0.4, -0.2) is 127 Å². The van der Waals surface area contributed by atoms with Gasteiger partial charge in [-0.15, -0.1) is 0 Å². The zero-order chi connectivity index (χ0) is 32.7. The summed E-state index contributed by atoms with van der Waals surface area (Å²) in [5, 5.41) is 81.1. The Morgan fingerprint density at radius 2 is 1.24 bits per heavy atom. The van der Waals surface area contributed by atoms with Crippen molar-refractivity contribution in [2.24, 2.45) is 0 Å². The van der Waals surface area contributed by atoms with Gasteiger partial charge in [-0.3, -0.25) is 0 Å². The summed E-state index contributed by atoms with van der Waals surface area (Å²) >= 11 is 0. The van der Waals surface area contributed by atoms with E-state index in [0.717, 1.165) is 12.2 Å². The van der Waals surface area contributed by atoms with Gasteiger partial charge in [-0.05, 0) is 47.5 Å². The van der Waals surface area contributed by atoms with E-state index in [4.69, 9.17) is 23.7 Å². The molecule has 0 radical (unpaired) electrons. The molecule has 15 heteroatoms. The molecule has 2 aliphatic rings. The summed E-state index contributed by atoms with van der Waals surface area (Å²) < 4.78 is 27.3. The van der Waals surface area contributed by atoms with Gasteiger partial charge in [0.25, 0.3) is 0 Å². The van der Waals surface area contributed by atoms with E-state index in [9.17, 15) is 50.4 Å². The normalized spacial score (nSPS) is 31.8. The van der Waals surface area contributed by atoms with E-state index in [1.165, 1.54) is 60.7 Å². The Morgan fingerprint density at radius 3 is 1.73 bits per heavy atom. The maximum absolute atomic E-state index is 12.7. The second-order valence-electron chi connectivity index (χ2n) is 10.2. The molecule has 0 unspecified atom stereocenters.